The lowest BCUT2D eigenvalue weighted by molar-refractivity contribution is 0.00122. The van der Waals surface area contributed by atoms with Gasteiger partial charge < -0.3 is 9.84 Å². The predicted octanol–water partition coefficient (Wildman–Crippen LogP) is 3.33. The molecule has 0 amide bonds. The first kappa shape index (κ1) is 11.7. The number of aliphatic hydroxyl groups is 1. The number of hydrogen-bond donors (Lipinski definition) is 1. The Bertz CT molecular complexity index is 370. The summed E-state index contributed by atoms with van der Waals surface area (Å²) in [6, 6.07) is 5.57. The first-order valence-electron chi connectivity index (χ1n) is 5.70. The molecule has 0 atom stereocenters. The highest BCUT2D eigenvalue weighted by Crippen LogP contribution is 2.31. The molecule has 0 aromatic heterocycles. The highest BCUT2D eigenvalue weighted by molar-refractivity contribution is 6.30. The first-order chi connectivity index (χ1) is 7.59. The van der Waals surface area contributed by atoms with E-state index in [1.54, 1.807) is 6.07 Å². The Labute approximate surface area is 101 Å². The second kappa shape index (κ2) is 4.64. The van der Waals surface area contributed by atoms with E-state index in [1.807, 2.05) is 19.1 Å². The topological polar surface area (TPSA) is 29.5 Å². The zero-order chi connectivity index (χ0) is 11.6. The third-order valence-electron chi connectivity index (χ3n) is 3.18. The van der Waals surface area contributed by atoms with Crippen molar-refractivity contribution in [1.82, 2.24) is 0 Å². The van der Waals surface area contributed by atoms with Crippen LogP contribution in [0.25, 0.3) is 0 Å². The monoisotopic (exact) mass is 240 g/mol. The van der Waals surface area contributed by atoms with Crippen molar-refractivity contribution in [2.45, 2.75) is 38.2 Å². The largest absolute Gasteiger partial charge is 0.490 e. The van der Waals surface area contributed by atoms with E-state index in [0.29, 0.717) is 11.6 Å². The van der Waals surface area contributed by atoms with Crippen LogP contribution in [0, 0.1) is 6.92 Å². The summed E-state index contributed by atoms with van der Waals surface area (Å²) in [5.74, 6) is 0.771. The van der Waals surface area contributed by atoms with Crippen LogP contribution in [0.3, 0.4) is 0 Å². The number of aryl methyl sites for hydroxylation is 1. The normalized spacial score (nSPS) is 18.7. The lowest BCUT2D eigenvalue weighted by atomic mass is 10.0. The highest BCUT2D eigenvalue weighted by Gasteiger charge is 2.31. The Balaban J connectivity index is 2.01. The molecule has 16 heavy (non-hydrogen) atoms. The fourth-order valence-corrected chi connectivity index (χ4v) is 2.28. The van der Waals surface area contributed by atoms with Crippen molar-refractivity contribution in [2.75, 3.05) is 6.61 Å². The maximum atomic E-state index is 10.2. The molecule has 0 bridgehead atoms. The molecule has 88 valence electrons. The van der Waals surface area contributed by atoms with E-state index < -0.39 is 5.60 Å². The van der Waals surface area contributed by atoms with Gasteiger partial charge in [0.25, 0.3) is 0 Å². The van der Waals surface area contributed by atoms with Gasteiger partial charge in [0, 0.05) is 5.02 Å². The van der Waals surface area contributed by atoms with E-state index in [9.17, 15) is 5.11 Å². The smallest absolute Gasteiger partial charge is 0.123 e. The predicted molar refractivity (Wildman–Crippen MR) is 65.1 cm³/mol. The number of benzene rings is 1. The molecule has 1 aliphatic carbocycles. The Morgan fingerprint density at radius 3 is 2.75 bits per heavy atom. The fourth-order valence-electron chi connectivity index (χ4n) is 2.12. The minimum atomic E-state index is -0.630. The van der Waals surface area contributed by atoms with Crippen LogP contribution >= 0.6 is 11.6 Å². The molecule has 1 aromatic rings. The second-order valence-electron chi connectivity index (χ2n) is 4.63. The molecule has 3 heteroatoms. The third kappa shape index (κ3) is 2.69. The van der Waals surface area contributed by atoms with Gasteiger partial charge in [-0.25, -0.2) is 0 Å². The molecular weight excluding hydrogens is 224 g/mol. The van der Waals surface area contributed by atoms with Gasteiger partial charge in [0.1, 0.15) is 12.4 Å². The molecule has 0 saturated heterocycles. The number of rotatable bonds is 3. The number of hydrogen-bond acceptors (Lipinski definition) is 2. The van der Waals surface area contributed by atoms with Crippen LogP contribution in [-0.4, -0.2) is 17.3 Å². The molecule has 0 spiro atoms. The van der Waals surface area contributed by atoms with Crippen LogP contribution in [0.1, 0.15) is 31.2 Å². The molecule has 0 unspecified atom stereocenters. The van der Waals surface area contributed by atoms with Gasteiger partial charge in [0.2, 0.25) is 0 Å². The molecule has 1 N–H and O–H groups in total. The van der Waals surface area contributed by atoms with E-state index in [-0.39, 0.29) is 0 Å². The van der Waals surface area contributed by atoms with E-state index in [2.05, 4.69) is 0 Å². The van der Waals surface area contributed by atoms with Gasteiger partial charge in [-0.15, -0.1) is 0 Å². The van der Waals surface area contributed by atoms with Crippen molar-refractivity contribution < 1.29 is 9.84 Å². The first-order valence-corrected chi connectivity index (χ1v) is 6.08. The van der Waals surface area contributed by atoms with Crippen LogP contribution in [0.2, 0.25) is 5.02 Å². The summed E-state index contributed by atoms with van der Waals surface area (Å²) < 4.78 is 5.67. The molecule has 1 fully saturated rings. The van der Waals surface area contributed by atoms with Gasteiger partial charge in [-0.2, -0.15) is 0 Å². The molecule has 1 aliphatic rings. The van der Waals surface area contributed by atoms with E-state index >= 15 is 0 Å². The van der Waals surface area contributed by atoms with Crippen molar-refractivity contribution in [3.8, 4) is 5.75 Å². The van der Waals surface area contributed by atoms with Gasteiger partial charge in [-0.3, -0.25) is 0 Å². The van der Waals surface area contributed by atoms with Crippen molar-refractivity contribution in [2.24, 2.45) is 0 Å². The van der Waals surface area contributed by atoms with Crippen LogP contribution in [-0.2, 0) is 0 Å². The van der Waals surface area contributed by atoms with Gasteiger partial charge in [0.15, 0.2) is 0 Å². The van der Waals surface area contributed by atoms with Gasteiger partial charge in [-0.1, -0.05) is 30.5 Å². The minimum Gasteiger partial charge on any atom is -0.490 e. The third-order valence-corrected chi connectivity index (χ3v) is 3.42. The average molecular weight is 241 g/mol. The average Bonchev–Trinajstić information content (AvgIpc) is 2.67. The Morgan fingerprint density at radius 2 is 2.06 bits per heavy atom. The van der Waals surface area contributed by atoms with Crippen LogP contribution in [0.4, 0.5) is 0 Å². The van der Waals surface area contributed by atoms with Gasteiger partial charge in [-0.05, 0) is 37.5 Å². The van der Waals surface area contributed by atoms with Gasteiger partial charge in [0.05, 0.1) is 5.60 Å². The van der Waals surface area contributed by atoms with Crippen molar-refractivity contribution in [3.63, 3.8) is 0 Å². The lowest BCUT2D eigenvalue weighted by Crippen LogP contribution is -2.32. The Hall–Kier alpha value is -0.730. The number of ether oxygens (including phenoxy) is 1. The molecule has 0 radical (unpaired) electrons. The summed E-state index contributed by atoms with van der Waals surface area (Å²) in [4.78, 5) is 0. The summed E-state index contributed by atoms with van der Waals surface area (Å²) in [6.45, 7) is 2.35. The zero-order valence-corrected chi connectivity index (χ0v) is 10.3. The standard InChI is InChI=1S/C13H17ClO2/c1-10-4-5-11(14)8-12(10)16-9-13(15)6-2-3-7-13/h4-5,8,15H,2-3,6-7,9H2,1H3. The molecule has 0 heterocycles. The van der Waals surface area contributed by atoms with Crippen molar-refractivity contribution in [3.05, 3.63) is 28.8 Å². The van der Waals surface area contributed by atoms with Gasteiger partial charge >= 0.3 is 0 Å². The van der Waals surface area contributed by atoms with Crippen LogP contribution < -0.4 is 4.74 Å². The molecule has 2 rings (SSSR count). The maximum absolute atomic E-state index is 10.2. The molecule has 1 aromatic carbocycles. The second-order valence-corrected chi connectivity index (χ2v) is 5.07. The molecule has 2 nitrogen and oxygen atoms in total. The lowest BCUT2D eigenvalue weighted by Gasteiger charge is -2.22. The fraction of sp³-hybridized carbons (Fsp3) is 0.538. The van der Waals surface area contributed by atoms with Crippen molar-refractivity contribution in [1.29, 1.82) is 0 Å². The molecule has 0 aliphatic heterocycles. The van der Waals surface area contributed by atoms with Crippen LogP contribution in [0.15, 0.2) is 18.2 Å². The summed E-state index contributed by atoms with van der Waals surface area (Å²) in [7, 11) is 0. The molecular formula is C13H17ClO2. The van der Waals surface area contributed by atoms with E-state index in [0.717, 1.165) is 37.0 Å². The van der Waals surface area contributed by atoms with E-state index in [1.165, 1.54) is 0 Å². The quantitative estimate of drug-likeness (QED) is 0.878. The maximum Gasteiger partial charge on any atom is 0.123 e. The minimum absolute atomic E-state index is 0.369. The summed E-state index contributed by atoms with van der Waals surface area (Å²) in [5.41, 5.74) is 0.417. The Morgan fingerprint density at radius 1 is 1.38 bits per heavy atom. The highest BCUT2D eigenvalue weighted by atomic mass is 35.5. The summed E-state index contributed by atoms with van der Waals surface area (Å²) in [6.07, 6.45) is 3.86. The Kier molecular flexibility index (Phi) is 3.41. The van der Waals surface area contributed by atoms with E-state index in [4.69, 9.17) is 16.3 Å². The number of halogens is 1. The van der Waals surface area contributed by atoms with Crippen LogP contribution in [0.5, 0.6) is 5.75 Å². The summed E-state index contributed by atoms with van der Waals surface area (Å²) >= 11 is 5.90. The molecule has 1 saturated carbocycles. The zero-order valence-electron chi connectivity index (χ0n) is 9.50. The summed E-state index contributed by atoms with van der Waals surface area (Å²) in [5, 5.41) is 10.8. The SMILES string of the molecule is Cc1ccc(Cl)cc1OCC1(O)CCCC1. The van der Waals surface area contributed by atoms with Crippen molar-refractivity contribution >= 4 is 11.6 Å².